The third kappa shape index (κ3) is 2.97. The number of aromatic nitrogens is 3. The predicted octanol–water partition coefficient (Wildman–Crippen LogP) is 1.58. The summed E-state index contributed by atoms with van der Waals surface area (Å²) in [6.45, 7) is 4.25. The summed E-state index contributed by atoms with van der Waals surface area (Å²) in [4.78, 5) is 32.3. The van der Waals surface area contributed by atoms with E-state index < -0.39 is 5.91 Å². The fraction of sp³-hybridized carbons (Fsp3) is 0.368. The molecule has 0 radical (unpaired) electrons. The van der Waals surface area contributed by atoms with E-state index in [9.17, 15) is 9.59 Å². The maximum Gasteiger partial charge on any atom is 0.252 e. The van der Waals surface area contributed by atoms with E-state index in [1.807, 2.05) is 13.1 Å². The monoisotopic (exact) mass is 367 g/mol. The van der Waals surface area contributed by atoms with Crippen molar-refractivity contribution in [1.29, 1.82) is 0 Å². The van der Waals surface area contributed by atoms with Crippen molar-refractivity contribution in [3.05, 3.63) is 35.8 Å². The van der Waals surface area contributed by atoms with Gasteiger partial charge in [0.15, 0.2) is 5.65 Å². The normalized spacial score (nSPS) is 19.6. The van der Waals surface area contributed by atoms with Gasteiger partial charge in [0, 0.05) is 24.2 Å². The van der Waals surface area contributed by atoms with Gasteiger partial charge in [-0.1, -0.05) is 13.3 Å². The first-order valence-corrected chi connectivity index (χ1v) is 8.97. The fourth-order valence-electron chi connectivity index (χ4n) is 3.71. The summed E-state index contributed by atoms with van der Waals surface area (Å²) < 4.78 is 7.80. The van der Waals surface area contributed by atoms with Gasteiger partial charge in [-0.25, -0.2) is 9.97 Å². The van der Waals surface area contributed by atoms with Crippen molar-refractivity contribution in [2.45, 2.75) is 32.7 Å². The molecule has 1 aliphatic rings. The molecule has 8 nitrogen and oxygen atoms in total. The fourth-order valence-corrected chi connectivity index (χ4v) is 3.71. The van der Waals surface area contributed by atoms with Gasteiger partial charge in [0.05, 0.1) is 17.3 Å². The number of primary amides is 1. The Kier molecular flexibility index (Phi) is 4.18. The van der Waals surface area contributed by atoms with E-state index in [0.717, 1.165) is 23.0 Å². The Hall–Kier alpha value is -3.16. The molecule has 3 aromatic rings. The zero-order chi connectivity index (χ0) is 19.1. The molecule has 1 aliphatic heterocycles. The van der Waals surface area contributed by atoms with Gasteiger partial charge in [-0.15, -0.1) is 0 Å². The van der Waals surface area contributed by atoms with Crippen LogP contribution in [0.3, 0.4) is 0 Å². The minimum absolute atomic E-state index is 0.0375. The van der Waals surface area contributed by atoms with E-state index >= 15 is 0 Å². The number of nitrogens with two attached hydrogens (primary N) is 1. The lowest BCUT2D eigenvalue weighted by Gasteiger charge is -2.18. The Labute approximate surface area is 155 Å². The number of carbonyl (C=O) groups excluding carboxylic acids is 2. The molecule has 1 fully saturated rings. The number of nitrogens with one attached hydrogen (secondary N) is 1. The van der Waals surface area contributed by atoms with Gasteiger partial charge < -0.3 is 15.8 Å². The van der Waals surface area contributed by atoms with Crippen LogP contribution < -0.4 is 15.8 Å². The Balaban J connectivity index is 1.77. The molecule has 8 heteroatoms. The van der Waals surface area contributed by atoms with Crippen LogP contribution in [0.15, 0.2) is 24.5 Å². The molecule has 0 bridgehead atoms. The summed E-state index contributed by atoms with van der Waals surface area (Å²) in [5, 5.41) is 3.75. The van der Waals surface area contributed by atoms with Crippen LogP contribution in [0.1, 0.15) is 35.8 Å². The van der Waals surface area contributed by atoms with Crippen molar-refractivity contribution in [1.82, 2.24) is 19.7 Å². The second kappa shape index (κ2) is 6.53. The molecule has 1 saturated heterocycles. The van der Waals surface area contributed by atoms with Gasteiger partial charge in [-0.2, -0.15) is 0 Å². The van der Waals surface area contributed by atoms with Crippen LogP contribution in [0.5, 0.6) is 5.88 Å². The number of imidazole rings is 1. The minimum atomic E-state index is -0.536. The molecular weight excluding hydrogens is 346 g/mol. The molecule has 0 aliphatic carbocycles. The lowest BCUT2D eigenvalue weighted by Crippen LogP contribution is -2.34. The maximum absolute atomic E-state index is 11.8. The van der Waals surface area contributed by atoms with Crippen LogP contribution in [-0.4, -0.2) is 38.8 Å². The summed E-state index contributed by atoms with van der Waals surface area (Å²) in [5.74, 6) is 0.206. The minimum Gasteiger partial charge on any atom is -0.474 e. The van der Waals surface area contributed by atoms with Crippen molar-refractivity contribution in [2.75, 3.05) is 6.61 Å². The molecule has 140 valence electrons. The molecule has 0 saturated carbocycles. The molecule has 4 heterocycles. The van der Waals surface area contributed by atoms with Crippen LogP contribution in [0.25, 0.3) is 16.6 Å². The summed E-state index contributed by atoms with van der Waals surface area (Å²) in [5.41, 5.74) is 7.83. The van der Waals surface area contributed by atoms with Gasteiger partial charge in [-0.05, 0) is 25.0 Å². The van der Waals surface area contributed by atoms with Crippen LogP contribution in [0.4, 0.5) is 0 Å². The molecule has 2 amide bonds. The highest BCUT2D eigenvalue weighted by molar-refractivity contribution is 6.03. The molecule has 0 spiro atoms. The number of carbonyl (C=O) groups is 2. The van der Waals surface area contributed by atoms with E-state index in [2.05, 4.69) is 22.2 Å². The first kappa shape index (κ1) is 17.3. The van der Waals surface area contributed by atoms with E-state index in [-0.39, 0.29) is 17.9 Å². The van der Waals surface area contributed by atoms with Gasteiger partial charge in [-0.3, -0.25) is 14.0 Å². The molecule has 4 rings (SSSR count). The van der Waals surface area contributed by atoms with Crippen molar-refractivity contribution in [2.24, 2.45) is 11.7 Å². The number of ether oxygens (including phenoxy) is 1. The zero-order valence-electron chi connectivity index (χ0n) is 15.2. The number of rotatable bonds is 5. The number of aryl methyl sites for hydroxylation is 1. The molecule has 2 atom stereocenters. The summed E-state index contributed by atoms with van der Waals surface area (Å²) in [7, 11) is 0. The number of nitrogens with zero attached hydrogens (tertiary/aromatic N) is 3. The quantitative estimate of drug-likeness (QED) is 0.711. The standard InChI is InChI=1S/C19H21N5O3/c1-3-11-7-15(25)23-14(11)9-27-19-16-12(4-5-21-19)6-13(17(20)26)18-22-10(2)8-24(16)18/h4-6,8,11,14H,3,7,9H2,1-2H3,(H2,20,26)(H,23,25). The van der Waals surface area contributed by atoms with E-state index in [1.165, 1.54) is 0 Å². The first-order valence-electron chi connectivity index (χ1n) is 8.97. The lowest BCUT2D eigenvalue weighted by atomic mass is 9.98. The Morgan fingerprint density at radius 2 is 2.30 bits per heavy atom. The van der Waals surface area contributed by atoms with Crippen molar-refractivity contribution in [3.8, 4) is 5.88 Å². The Bertz CT molecular complexity index is 1060. The van der Waals surface area contributed by atoms with Crippen LogP contribution in [0, 0.1) is 12.8 Å². The number of fused-ring (bicyclic) bond motifs is 3. The van der Waals surface area contributed by atoms with Gasteiger partial charge in [0.1, 0.15) is 12.1 Å². The van der Waals surface area contributed by atoms with Crippen molar-refractivity contribution in [3.63, 3.8) is 0 Å². The van der Waals surface area contributed by atoms with Gasteiger partial charge in [0.2, 0.25) is 11.8 Å². The third-order valence-corrected chi connectivity index (χ3v) is 5.08. The largest absolute Gasteiger partial charge is 0.474 e. The zero-order valence-corrected chi connectivity index (χ0v) is 15.2. The highest BCUT2D eigenvalue weighted by Gasteiger charge is 2.31. The number of pyridine rings is 2. The highest BCUT2D eigenvalue weighted by atomic mass is 16.5. The maximum atomic E-state index is 11.8. The molecular formula is C19H21N5O3. The van der Waals surface area contributed by atoms with Crippen LogP contribution in [-0.2, 0) is 4.79 Å². The molecule has 3 aromatic heterocycles. The smallest absolute Gasteiger partial charge is 0.252 e. The summed E-state index contributed by atoms with van der Waals surface area (Å²) in [6, 6.07) is 3.47. The topological polar surface area (TPSA) is 112 Å². The average molecular weight is 367 g/mol. The molecule has 0 aromatic carbocycles. The Morgan fingerprint density at radius 1 is 1.48 bits per heavy atom. The lowest BCUT2D eigenvalue weighted by molar-refractivity contribution is -0.119. The highest BCUT2D eigenvalue weighted by Crippen LogP contribution is 2.28. The second-order valence-corrected chi connectivity index (χ2v) is 6.91. The van der Waals surface area contributed by atoms with E-state index in [0.29, 0.717) is 30.1 Å². The molecule has 2 unspecified atom stereocenters. The SMILES string of the molecule is CCC1CC(=O)NC1COc1nccc2cc(C(N)=O)c3nc(C)cn3c12. The van der Waals surface area contributed by atoms with Crippen molar-refractivity contribution < 1.29 is 14.3 Å². The average Bonchev–Trinajstić information content (AvgIpc) is 3.20. The van der Waals surface area contributed by atoms with Crippen molar-refractivity contribution >= 4 is 28.4 Å². The van der Waals surface area contributed by atoms with Crippen LogP contribution >= 0.6 is 0 Å². The Morgan fingerprint density at radius 3 is 3.04 bits per heavy atom. The molecule has 27 heavy (non-hydrogen) atoms. The number of hydrogen-bond acceptors (Lipinski definition) is 5. The first-order chi connectivity index (χ1) is 13.0. The third-order valence-electron chi connectivity index (χ3n) is 5.08. The predicted molar refractivity (Wildman–Crippen MR) is 99.6 cm³/mol. The molecule has 3 N–H and O–H groups in total. The van der Waals surface area contributed by atoms with E-state index in [4.69, 9.17) is 10.5 Å². The van der Waals surface area contributed by atoms with E-state index in [1.54, 1.807) is 22.7 Å². The number of hydrogen-bond donors (Lipinski definition) is 2. The second-order valence-electron chi connectivity index (χ2n) is 6.91. The van der Waals surface area contributed by atoms with Gasteiger partial charge >= 0.3 is 0 Å². The number of amides is 2. The van der Waals surface area contributed by atoms with Gasteiger partial charge in [0.25, 0.3) is 5.91 Å². The summed E-state index contributed by atoms with van der Waals surface area (Å²) >= 11 is 0. The summed E-state index contributed by atoms with van der Waals surface area (Å²) in [6.07, 6.45) is 4.89. The van der Waals surface area contributed by atoms with Crippen LogP contribution in [0.2, 0.25) is 0 Å².